The van der Waals surface area contributed by atoms with Gasteiger partial charge in [-0.15, -0.1) is 0 Å². The van der Waals surface area contributed by atoms with Crippen molar-refractivity contribution in [1.29, 1.82) is 0 Å². The molecule has 0 saturated carbocycles. The molecule has 1 N–H and O–H groups in total. The van der Waals surface area contributed by atoms with Crippen LogP contribution in [0.2, 0.25) is 0 Å². The Morgan fingerprint density at radius 2 is 1.95 bits per heavy atom. The zero-order valence-corrected chi connectivity index (χ0v) is 12.8. The van der Waals surface area contributed by atoms with Gasteiger partial charge in [-0.05, 0) is 50.5 Å². The molecule has 0 amide bonds. The Hall–Kier alpha value is -1.65. The number of aromatic nitrogens is 2. The lowest BCUT2D eigenvalue weighted by Crippen LogP contribution is -2.35. The Morgan fingerprint density at radius 3 is 2.62 bits per heavy atom. The van der Waals surface area contributed by atoms with Crippen LogP contribution in [0.15, 0.2) is 30.3 Å². The van der Waals surface area contributed by atoms with Crippen molar-refractivity contribution < 1.29 is 5.11 Å². The van der Waals surface area contributed by atoms with E-state index in [0.29, 0.717) is 0 Å². The first-order valence-corrected chi connectivity index (χ1v) is 7.65. The number of hydrogen-bond donors (Lipinski definition) is 1. The predicted octanol–water partition coefficient (Wildman–Crippen LogP) is 2.45. The van der Waals surface area contributed by atoms with Gasteiger partial charge in [-0.25, -0.2) is 4.68 Å². The van der Waals surface area contributed by atoms with E-state index >= 15 is 0 Å². The Kier molecular flexibility index (Phi) is 4.08. The predicted molar refractivity (Wildman–Crippen MR) is 83.6 cm³/mol. The SMILES string of the molecule is Cc1cc(C)n(-c2cccc(CN3CCC(O)CC3)c2)n1. The van der Waals surface area contributed by atoms with Gasteiger partial charge in [-0.3, -0.25) is 4.90 Å². The molecule has 1 aliphatic heterocycles. The summed E-state index contributed by atoms with van der Waals surface area (Å²) in [5, 5.41) is 14.1. The van der Waals surface area contributed by atoms with E-state index in [1.54, 1.807) is 0 Å². The highest BCUT2D eigenvalue weighted by Crippen LogP contribution is 2.17. The second kappa shape index (κ2) is 6.00. The number of hydrogen-bond acceptors (Lipinski definition) is 3. The number of rotatable bonds is 3. The van der Waals surface area contributed by atoms with Gasteiger partial charge in [0.1, 0.15) is 0 Å². The summed E-state index contributed by atoms with van der Waals surface area (Å²) < 4.78 is 2.00. The maximum Gasteiger partial charge on any atom is 0.0651 e. The Labute approximate surface area is 126 Å². The fourth-order valence-corrected chi connectivity index (χ4v) is 3.01. The third-order valence-corrected chi connectivity index (χ3v) is 4.13. The van der Waals surface area contributed by atoms with E-state index in [4.69, 9.17) is 0 Å². The fourth-order valence-electron chi connectivity index (χ4n) is 3.01. The highest BCUT2D eigenvalue weighted by atomic mass is 16.3. The van der Waals surface area contributed by atoms with Crippen LogP contribution in [0, 0.1) is 13.8 Å². The molecule has 4 nitrogen and oxygen atoms in total. The minimum atomic E-state index is -0.109. The van der Waals surface area contributed by atoms with Gasteiger partial charge in [0.05, 0.1) is 17.5 Å². The summed E-state index contributed by atoms with van der Waals surface area (Å²) in [7, 11) is 0. The Morgan fingerprint density at radius 1 is 1.19 bits per heavy atom. The molecule has 0 unspecified atom stereocenters. The van der Waals surface area contributed by atoms with Crippen molar-refractivity contribution in [1.82, 2.24) is 14.7 Å². The van der Waals surface area contributed by atoms with Crippen LogP contribution >= 0.6 is 0 Å². The van der Waals surface area contributed by atoms with Crippen LogP contribution in [-0.4, -0.2) is 39.0 Å². The summed E-state index contributed by atoms with van der Waals surface area (Å²) in [6.07, 6.45) is 1.66. The Balaban J connectivity index is 1.76. The fraction of sp³-hybridized carbons (Fsp3) is 0.471. The van der Waals surface area contributed by atoms with Crippen molar-refractivity contribution in [3.05, 3.63) is 47.3 Å². The van der Waals surface area contributed by atoms with Crippen molar-refractivity contribution in [3.63, 3.8) is 0 Å². The van der Waals surface area contributed by atoms with Crippen LogP contribution in [0.25, 0.3) is 5.69 Å². The molecule has 2 aromatic rings. The average molecular weight is 285 g/mol. The highest BCUT2D eigenvalue weighted by molar-refractivity contribution is 5.37. The van der Waals surface area contributed by atoms with E-state index in [-0.39, 0.29) is 6.10 Å². The quantitative estimate of drug-likeness (QED) is 0.942. The molecule has 21 heavy (non-hydrogen) atoms. The first-order chi connectivity index (χ1) is 10.1. The number of likely N-dealkylation sites (tertiary alicyclic amines) is 1. The maximum absolute atomic E-state index is 9.58. The molecule has 1 saturated heterocycles. The van der Waals surface area contributed by atoms with Gasteiger partial charge in [0.2, 0.25) is 0 Å². The standard InChI is InChI=1S/C17H23N3O/c1-13-10-14(2)20(18-13)16-5-3-4-15(11-16)12-19-8-6-17(21)7-9-19/h3-5,10-11,17,21H,6-9,12H2,1-2H3. The lowest BCUT2D eigenvalue weighted by Gasteiger charge is -2.29. The summed E-state index contributed by atoms with van der Waals surface area (Å²) in [5.74, 6) is 0. The van der Waals surface area contributed by atoms with Gasteiger partial charge < -0.3 is 5.11 Å². The number of aryl methyl sites for hydroxylation is 2. The molecule has 112 valence electrons. The van der Waals surface area contributed by atoms with Gasteiger partial charge in [0.15, 0.2) is 0 Å². The molecule has 1 fully saturated rings. The summed E-state index contributed by atoms with van der Waals surface area (Å²) in [6.45, 7) is 7.00. The molecule has 0 aliphatic carbocycles. The second-order valence-corrected chi connectivity index (χ2v) is 6.02. The highest BCUT2D eigenvalue weighted by Gasteiger charge is 2.17. The summed E-state index contributed by atoms with van der Waals surface area (Å²) in [5.41, 5.74) is 4.63. The smallest absolute Gasteiger partial charge is 0.0651 e. The van der Waals surface area contributed by atoms with E-state index in [1.165, 1.54) is 5.56 Å². The van der Waals surface area contributed by atoms with E-state index in [9.17, 15) is 5.11 Å². The van der Waals surface area contributed by atoms with Crippen LogP contribution in [-0.2, 0) is 6.54 Å². The monoisotopic (exact) mass is 285 g/mol. The van der Waals surface area contributed by atoms with Crippen molar-refractivity contribution in [2.75, 3.05) is 13.1 Å². The molecular weight excluding hydrogens is 262 g/mol. The van der Waals surface area contributed by atoms with Crippen molar-refractivity contribution in [2.45, 2.75) is 39.3 Å². The van der Waals surface area contributed by atoms with Gasteiger partial charge in [0, 0.05) is 25.3 Å². The van der Waals surface area contributed by atoms with E-state index < -0.39 is 0 Å². The zero-order valence-electron chi connectivity index (χ0n) is 12.8. The lowest BCUT2D eigenvalue weighted by atomic mass is 10.1. The maximum atomic E-state index is 9.58. The molecule has 1 aromatic carbocycles. The summed E-state index contributed by atoms with van der Waals surface area (Å²) >= 11 is 0. The lowest BCUT2D eigenvalue weighted by molar-refractivity contribution is 0.0792. The minimum absolute atomic E-state index is 0.109. The first-order valence-electron chi connectivity index (χ1n) is 7.65. The molecule has 1 aliphatic rings. The van der Waals surface area contributed by atoms with Crippen LogP contribution in [0.5, 0.6) is 0 Å². The van der Waals surface area contributed by atoms with Crippen LogP contribution < -0.4 is 0 Å². The second-order valence-electron chi connectivity index (χ2n) is 6.02. The van der Waals surface area contributed by atoms with Crippen molar-refractivity contribution >= 4 is 0 Å². The van der Waals surface area contributed by atoms with Gasteiger partial charge >= 0.3 is 0 Å². The molecule has 2 heterocycles. The van der Waals surface area contributed by atoms with Crippen LogP contribution in [0.1, 0.15) is 29.8 Å². The third kappa shape index (κ3) is 3.34. The number of benzene rings is 1. The first kappa shape index (κ1) is 14.3. The number of aliphatic hydroxyl groups excluding tert-OH is 1. The molecule has 0 bridgehead atoms. The molecule has 1 aromatic heterocycles. The molecule has 4 heteroatoms. The van der Waals surface area contributed by atoms with Gasteiger partial charge in [-0.2, -0.15) is 5.10 Å². The Bertz CT molecular complexity index is 612. The average Bonchev–Trinajstić information content (AvgIpc) is 2.81. The van der Waals surface area contributed by atoms with E-state index in [1.807, 2.05) is 11.6 Å². The summed E-state index contributed by atoms with van der Waals surface area (Å²) in [4.78, 5) is 2.41. The van der Waals surface area contributed by atoms with E-state index in [2.05, 4.69) is 47.3 Å². The normalized spacial score (nSPS) is 17.3. The molecule has 0 radical (unpaired) electrons. The van der Waals surface area contributed by atoms with Crippen molar-refractivity contribution in [2.24, 2.45) is 0 Å². The van der Waals surface area contributed by atoms with Crippen LogP contribution in [0.4, 0.5) is 0 Å². The largest absolute Gasteiger partial charge is 0.393 e. The van der Waals surface area contributed by atoms with Crippen LogP contribution in [0.3, 0.4) is 0 Å². The number of nitrogens with zero attached hydrogens (tertiary/aromatic N) is 3. The minimum Gasteiger partial charge on any atom is -0.393 e. The zero-order chi connectivity index (χ0) is 14.8. The molecule has 0 spiro atoms. The van der Waals surface area contributed by atoms with Crippen molar-refractivity contribution in [3.8, 4) is 5.69 Å². The van der Waals surface area contributed by atoms with Gasteiger partial charge in [0.25, 0.3) is 0 Å². The molecule has 3 rings (SSSR count). The number of piperidine rings is 1. The third-order valence-electron chi connectivity index (χ3n) is 4.13. The number of aliphatic hydroxyl groups is 1. The topological polar surface area (TPSA) is 41.3 Å². The van der Waals surface area contributed by atoms with E-state index in [0.717, 1.165) is 49.6 Å². The van der Waals surface area contributed by atoms with Gasteiger partial charge in [-0.1, -0.05) is 12.1 Å². The summed E-state index contributed by atoms with van der Waals surface area (Å²) in [6, 6.07) is 10.7. The molecule has 0 atom stereocenters. The molecular formula is C17H23N3O.